The minimum absolute atomic E-state index is 0.177. The number of amides is 1. The molecule has 0 aliphatic rings. The van der Waals surface area contributed by atoms with E-state index in [9.17, 15) is 9.18 Å². The molecule has 0 bridgehead atoms. The van der Waals surface area contributed by atoms with E-state index in [0.717, 1.165) is 5.56 Å². The number of nitrogens with zero attached hydrogens (tertiary/aromatic N) is 4. The van der Waals surface area contributed by atoms with E-state index in [4.69, 9.17) is 4.74 Å². The Bertz CT molecular complexity index is 837. The van der Waals surface area contributed by atoms with E-state index in [0.29, 0.717) is 18.2 Å². The molecule has 128 valence electrons. The molecule has 3 aromatic rings. The van der Waals surface area contributed by atoms with Crippen molar-refractivity contribution in [3.8, 4) is 11.6 Å². The topological polar surface area (TPSA) is 81.9 Å². The summed E-state index contributed by atoms with van der Waals surface area (Å²) in [5.74, 6) is 0.333. The smallest absolute Gasteiger partial charge is 0.244 e. The van der Waals surface area contributed by atoms with Crippen LogP contribution in [0.2, 0.25) is 0 Å². The second kappa shape index (κ2) is 7.52. The Morgan fingerprint density at radius 3 is 2.84 bits per heavy atom. The lowest BCUT2D eigenvalue weighted by molar-refractivity contribution is -0.124. The van der Waals surface area contributed by atoms with E-state index in [1.54, 1.807) is 25.3 Å². The predicted molar refractivity (Wildman–Crippen MR) is 87.3 cm³/mol. The van der Waals surface area contributed by atoms with E-state index in [-0.39, 0.29) is 11.7 Å². The van der Waals surface area contributed by atoms with Gasteiger partial charge in [-0.25, -0.2) is 19.0 Å². The summed E-state index contributed by atoms with van der Waals surface area (Å²) in [7, 11) is 0. The summed E-state index contributed by atoms with van der Waals surface area (Å²) in [6, 6.07) is 8.69. The van der Waals surface area contributed by atoms with Crippen molar-refractivity contribution in [2.75, 3.05) is 0 Å². The molecular weight excluding hydrogens is 325 g/mol. The summed E-state index contributed by atoms with van der Waals surface area (Å²) in [5.41, 5.74) is 0.825. The van der Waals surface area contributed by atoms with E-state index in [1.807, 2.05) is 0 Å². The van der Waals surface area contributed by atoms with Crippen molar-refractivity contribution in [3.63, 3.8) is 0 Å². The van der Waals surface area contributed by atoms with E-state index < -0.39 is 6.04 Å². The molecule has 1 aromatic carbocycles. The van der Waals surface area contributed by atoms with Crippen molar-refractivity contribution >= 4 is 5.91 Å². The van der Waals surface area contributed by atoms with Crippen LogP contribution in [0.15, 0.2) is 55.2 Å². The maximum Gasteiger partial charge on any atom is 0.244 e. The third-order valence-corrected chi connectivity index (χ3v) is 3.51. The molecular formula is C17H16FN5O2. The molecule has 1 N–H and O–H groups in total. The van der Waals surface area contributed by atoms with Crippen LogP contribution in [-0.4, -0.2) is 25.7 Å². The highest BCUT2D eigenvalue weighted by atomic mass is 19.1. The van der Waals surface area contributed by atoms with E-state index in [2.05, 4.69) is 20.4 Å². The summed E-state index contributed by atoms with van der Waals surface area (Å²) in [6.07, 6.45) is 4.46. The molecule has 0 saturated carbocycles. The lowest BCUT2D eigenvalue weighted by atomic mass is 10.2. The number of hydrogen-bond acceptors (Lipinski definition) is 5. The molecule has 3 rings (SSSR count). The molecule has 7 nitrogen and oxygen atoms in total. The molecule has 25 heavy (non-hydrogen) atoms. The fraction of sp³-hybridized carbons (Fsp3) is 0.176. The Balaban J connectivity index is 1.60. The number of nitrogens with one attached hydrogen (secondary N) is 1. The summed E-state index contributed by atoms with van der Waals surface area (Å²) < 4.78 is 20.0. The fourth-order valence-corrected chi connectivity index (χ4v) is 2.11. The van der Waals surface area contributed by atoms with Gasteiger partial charge in [0, 0.05) is 18.8 Å². The van der Waals surface area contributed by atoms with Crippen molar-refractivity contribution in [1.82, 2.24) is 25.1 Å². The van der Waals surface area contributed by atoms with Crippen molar-refractivity contribution in [1.29, 1.82) is 0 Å². The Kier molecular flexibility index (Phi) is 4.98. The van der Waals surface area contributed by atoms with Crippen LogP contribution in [0.4, 0.5) is 4.39 Å². The zero-order chi connectivity index (χ0) is 17.6. The van der Waals surface area contributed by atoms with Gasteiger partial charge in [-0.15, -0.1) is 0 Å². The Labute approximate surface area is 143 Å². The number of benzene rings is 1. The van der Waals surface area contributed by atoms with E-state index in [1.165, 1.54) is 41.6 Å². The number of ether oxygens (including phenoxy) is 1. The zero-order valence-corrected chi connectivity index (χ0v) is 13.5. The lowest BCUT2D eigenvalue weighted by Crippen LogP contribution is -2.30. The van der Waals surface area contributed by atoms with Crippen LogP contribution in [0.25, 0.3) is 0 Å². The SMILES string of the molecule is C[C@H](C(=O)NCc1ccnc(Oc2ccc(F)cc2)c1)n1cncn1. The van der Waals surface area contributed by atoms with Crippen molar-refractivity contribution in [2.45, 2.75) is 19.5 Å². The summed E-state index contributed by atoms with van der Waals surface area (Å²) in [5, 5.41) is 6.77. The first-order valence-corrected chi connectivity index (χ1v) is 7.62. The molecule has 0 fully saturated rings. The number of carbonyl (C=O) groups is 1. The standard InChI is InChI=1S/C17H16FN5O2/c1-12(23-11-19-10-22-23)17(24)21-9-13-6-7-20-16(8-13)25-15-4-2-14(18)3-5-15/h2-8,10-12H,9H2,1H3,(H,21,24)/t12-/m1/s1. The van der Waals surface area contributed by atoms with Gasteiger partial charge in [-0.2, -0.15) is 5.10 Å². The van der Waals surface area contributed by atoms with Gasteiger partial charge in [0.05, 0.1) is 0 Å². The maximum atomic E-state index is 12.9. The Hall–Kier alpha value is -3.29. The van der Waals surface area contributed by atoms with Crippen LogP contribution in [0.3, 0.4) is 0 Å². The lowest BCUT2D eigenvalue weighted by Gasteiger charge is -2.12. The van der Waals surface area contributed by atoms with Crippen molar-refractivity contribution in [3.05, 3.63) is 66.6 Å². The molecule has 2 aromatic heterocycles. The zero-order valence-electron chi connectivity index (χ0n) is 13.5. The minimum Gasteiger partial charge on any atom is -0.439 e. The molecule has 8 heteroatoms. The number of carbonyl (C=O) groups excluding carboxylic acids is 1. The van der Waals surface area contributed by atoms with Crippen LogP contribution in [0.1, 0.15) is 18.5 Å². The molecule has 0 spiro atoms. The Morgan fingerprint density at radius 1 is 1.32 bits per heavy atom. The molecule has 2 heterocycles. The van der Waals surface area contributed by atoms with Crippen molar-refractivity contribution < 1.29 is 13.9 Å². The van der Waals surface area contributed by atoms with Gasteiger partial charge in [-0.1, -0.05) is 0 Å². The maximum absolute atomic E-state index is 12.9. The highest BCUT2D eigenvalue weighted by Crippen LogP contribution is 2.20. The first-order valence-electron chi connectivity index (χ1n) is 7.62. The summed E-state index contributed by atoms with van der Waals surface area (Å²) in [4.78, 5) is 20.1. The average molecular weight is 341 g/mol. The highest BCUT2D eigenvalue weighted by molar-refractivity contribution is 5.79. The molecule has 0 aliphatic heterocycles. The molecule has 0 saturated heterocycles. The molecule has 0 radical (unpaired) electrons. The van der Waals surface area contributed by atoms with Crippen LogP contribution < -0.4 is 10.1 Å². The minimum atomic E-state index is -0.459. The van der Waals surface area contributed by atoms with Crippen LogP contribution in [0, 0.1) is 5.82 Å². The van der Waals surface area contributed by atoms with Crippen molar-refractivity contribution in [2.24, 2.45) is 0 Å². The summed E-state index contributed by atoms with van der Waals surface area (Å²) >= 11 is 0. The first-order chi connectivity index (χ1) is 12.1. The molecule has 0 aliphatic carbocycles. The second-order valence-corrected chi connectivity index (χ2v) is 5.33. The monoisotopic (exact) mass is 341 g/mol. The van der Waals surface area contributed by atoms with Crippen LogP contribution in [-0.2, 0) is 11.3 Å². The number of hydrogen-bond donors (Lipinski definition) is 1. The van der Waals surface area contributed by atoms with Gasteiger partial charge in [0.1, 0.15) is 30.3 Å². The van der Waals surface area contributed by atoms with Gasteiger partial charge in [-0.3, -0.25) is 4.79 Å². The largest absolute Gasteiger partial charge is 0.439 e. The number of halogens is 1. The first kappa shape index (κ1) is 16.6. The summed E-state index contributed by atoms with van der Waals surface area (Å²) in [6.45, 7) is 2.06. The fourth-order valence-electron chi connectivity index (χ4n) is 2.11. The van der Waals surface area contributed by atoms with Crippen LogP contribution in [0.5, 0.6) is 11.6 Å². The van der Waals surface area contributed by atoms with Gasteiger partial charge in [-0.05, 0) is 42.8 Å². The second-order valence-electron chi connectivity index (χ2n) is 5.33. The van der Waals surface area contributed by atoms with E-state index >= 15 is 0 Å². The average Bonchev–Trinajstić information content (AvgIpc) is 3.16. The Morgan fingerprint density at radius 2 is 2.12 bits per heavy atom. The molecule has 0 unspecified atom stereocenters. The highest BCUT2D eigenvalue weighted by Gasteiger charge is 2.14. The molecule has 1 amide bonds. The quantitative estimate of drug-likeness (QED) is 0.745. The van der Waals surface area contributed by atoms with Gasteiger partial charge in [0.25, 0.3) is 0 Å². The predicted octanol–water partition coefficient (Wildman–Crippen LogP) is 2.48. The van der Waals surface area contributed by atoms with Gasteiger partial charge >= 0.3 is 0 Å². The number of rotatable bonds is 6. The van der Waals surface area contributed by atoms with Gasteiger partial charge in [0.2, 0.25) is 11.8 Å². The van der Waals surface area contributed by atoms with Crippen LogP contribution >= 0.6 is 0 Å². The van der Waals surface area contributed by atoms with Gasteiger partial charge in [0.15, 0.2) is 0 Å². The third-order valence-electron chi connectivity index (χ3n) is 3.51. The number of aromatic nitrogens is 4. The van der Waals surface area contributed by atoms with Gasteiger partial charge < -0.3 is 10.1 Å². The normalized spacial score (nSPS) is 11.8. The number of pyridine rings is 1. The molecule has 1 atom stereocenters. The third kappa shape index (κ3) is 4.37.